The zero-order chi connectivity index (χ0) is 20.1. The summed E-state index contributed by atoms with van der Waals surface area (Å²) in [6.45, 7) is 5.13. The van der Waals surface area contributed by atoms with E-state index in [0.29, 0.717) is 15.9 Å². The van der Waals surface area contributed by atoms with Gasteiger partial charge < -0.3 is 10.2 Å². The van der Waals surface area contributed by atoms with E-state index in [1.165, 1.54) is 0 Å². The Morgan fingerprint density at radius 3 is 2.54 bits per heavy atom. The Morgan fingerprint density at radius 2 is 1.82 bits per heavy atom. The van der Waals surface area contributed by atoms with Crippen LogP contribution in [0, 0.1) is 0 Å². The van der Waals surface area contributed by atoms with Crippen molar-refractivity contribution in [2.24, 2.45) is 4.99 Å². The quantitative estimate of drug-likeness (QED) is 0.685. The summed E-state index contributed by atoms with van der Waals surface area (Å²) in [4.78, 5) is 7.57. The maximum atomic E-state index is 13.1. The summed E-state index contributed by atoms with van der Waals surface area (Å²) in [5.41, 5.74) is 2.51. The number of anilines is 1. The maximum Gasteiger partial charge on any atom is 0.194 e. The van der Waals surface area contributed by atoms with Crippen LogP contribution in [-0.2, 0) is 22.1 Å². The molecule has 2 unspecified atom stereocenters. The normalized spacial score (nSPS) is 19.8. The molecule has 28 heavy (non-hydrogen) atoms. The second-order valence-electron chi connectivity index (χ2n) is 7.20. The molecule has 3 rings (SSSR count). The standard InChI is InChI=1S/C22H27N3OS2/c1-4-5-15-25(3)19-14-10-9-11-17(19)16-28(26)21-23-20(27)22(2,24-21)18-12-7-6-8-13-18/h6-14H,4-5,15-16H2,1-3H3,(H,23,24,27). The molecule has 0 fully saturated rings. The van der Waals surface area contributed by atoms with Gasteiger partial charge in [0.2, 0.25) is 0 Å². The minimum atomic E-state index is -1.30. The predicted molar refractivity (Wildman–Crippen MR) is 123 cm³/mol. The molecule has 2 aromatic rings. The van der Waals surface area contributed by atoms with Gasteiger partial charge in [-0.05, 0) is 30.5 Å². The van der Waals surface area contributed by atoms with Crippen LogP contribution >= 0.6 is 12.2 Å². The Labute approximate surface area is 175 Å². The van der Waals surface area contributed by atoms with Crippen molar-refractivity contribution in [1.29, 1.82) is 0 Å². The highest BCUT2D eigenvalue weighted by molar-refractivity contribution is 8.00. The van der Waals surface area contributed by atoms with Gasteiger partial charge in [-0.25, -0.2) is 4.99 Å². The average Bonchev–Trinajstić information content (AvgIpc) is 3.03. The molecule has 1 aliphatic heterocycles. The molecule has 6 heteroatoms. The first kappa shape index (κ1) is 20.7. The second-order valence-corrected chi connectivity index (χ2v) is 8.98. The van der Waals surface area contributed by atoms with Crippen molar-refractivity contribution in [3.63, 3.8) is 0 Å². The van der Waals surface area contributed by atoms with Crippen LogP contribution < -0.4 is 10.2 Å². The lowest BCUT2D eigenvalue weighted by Gasteiger charge is -2.22. The number of thiocarbonyl (C=S) groups is 1. The fourth-order valence-electron chi connectivity index (χ4n) is 3.30. The largest absolute Gasteiger partial charge is 0.374 e. The zero-order valence-corrected chi connectivity index (χ0v) is 18.3. The summed E-state index contributed by atoms with van der Waals surface area (Å²) in [5.74, 6) is 0.409. The van der Waals surface area contributed by atoms with Crippen molar-refractivity contribution in [3.05, 3.63) is 65.7 Å². The van der Waals surface area contributed by atoms with Crippen molar-refractivity contribution in [2.75, 3.05) is 18.5 Å². The van der Waals surface area contributed by atoms with Gasteiger partial charge in [-0.2, -0.15) is 0 Å². The molecule has 0 spiro atoms. The SMILES string of the molecule is CCCCN(C)c1ccccc1CS(=O)C1=NC(C)(c2ccccc2)C(=S)N1. The number of nitrogens with zero attached hydrogens (tertiary/aromatic N) is 2. The first-order chi connectivity index (χ1) is 13.5. The Morgan fingerprint density at radius 1 is 1.14 bits per heavy atom. The topological polar surface area (TPSA) is 44.7 Å². The lowest BCUT2D eigenvalue weighted by atomic mass is 9.93. The van der Waals surface area contributed by atoms with Gasteiger partial charge in [0.05, 0.1) is 16.6 Å². The van der Waals surface area contributed by atoms with Crippen molar-refractivity contribution < 1.29 is 4.21 Å². The van der Waals surface area contributed by atoms with E-state index in [4.69, 9.17) is 17.2 Å². The van der Waals surface area contributed by atoms with Crippen LogP contribution in [0.4, 0.5) is 5.69 Å². The fourth-order valence-corrected chi connectivity index (χ4v) is 4.79. The molecule has 0 saturated heterocycles. The highest BCUT2D eigenvalue weighted by Gasteiger charge is 2.38. The Balaban J connectivity index is 1.81. The van der Waals surface area contributed by atoms with E-state index in [0.717, 1.165) is 36.2 Å². The number of para-hydroxylation sites is 1. The van der Waals surface area contributed by atoms with Gasteiger partial charge in [0.15, 0.2) is 5.17 Å². The summed E-state index contributed by atoms with van der Waals surface area (Å²) >= 11 is 5.54. The summed E-state index contributed by atoms with van der Waals surface area (Å²) < 4.78 is 13.1. The number of hydrogen-bond donors (Lipinski definition) is 1. The number of rotatable bonds is 7. The number of benzene rings is 2. The van der Waals surface area contributed by atoms with E-state index < -0.39 is 16.3 Å². The molecule has 148 valence electrons. The molecule has 1 N–H and O–H groups in total. The van der Waals surface area contributed by atoms with Crippen molar-refractivity contribution in [3.8, 4) is 0 Å². The molecule has 1 heterocycles. The summed E-state index contributed by atoms with van der Waals surface area (Å²) in [6, 6.07) is 18.1. The molecule has 0 amide bonds. The number of unbranched alkanes of at least 4 members (excludes halogenated alkanes) is 1. The molecule has 1 aliphatic rings. The third kappa shape index (κ3) is 4.33. The Hall–Kier alpha value is -2.05. The van der Waals surface area contributed by atoms with Gasteiger partial charge >= 0.3 is 0 Å². The predicted octanol–water partition coefficient (Wildman–Crippen LogP) is 4.37. The van der Waals surface area contributed by atoms with E-state index >= 15 is 0 Å². The molecule has 0 aromatic heterocycles. The minimum Gasteiger partial charge on any atom is -0.374 e. The maximum absolute atomic E-state index is 13.1. The Bertz CT molecular complexity index is 898. The van der Waals surface area contributed by atoms with Crippen molar-refractivity contribution in [1.82, 2.24) is 5.32 Å². The molecule has 0 bridgehead atoms. The number of amidine groups is 1. The van der Waals surface area contributed by atoms with Crippen molar-refractivity contribution >= 4 is 38.9 Å². The molecular formula is C22H27N3OS2. The van der Waals surface area contributed by atoms with Crippen LogP contribution in [0.15, 0.2) is 59.6 Å². The summed E-state index contributed by atoms with van der Waals surface area (Å²) in [7, 11) is 0.792. The third-order valence-corrected chi connectivity index (χ3v) is 6.77. The average molecular weight is 414 g/mol. The van der Waals surface area contributed by atoms with Crippen LogP contribution in [0.3, 0.4) is 0 Å². The monoisotopic (exact) mass is 413 g/mol. The van der Waals surface area contributed by atoms with Gasteiger partial charge in [-0.1, -0.05) is 74.1 Å². The Kier molecular flexibility index (Phi) is 6.62. The molecule has 0 aliphatic carbocycles. The van der Waals surface area contributed by atoms with Crippen LogP contribution in [-0.4, -0.2) is 28.0 Å². The minimum absolute atomic E-state index is 0.409. The molecule has 4 nitrogen and oxygen atoms in total. The first-order valence-electron chi connectivity index (χ1n) is 9.60. The highest BCUT2D eigenvalue weighted by Crippen LogP contribution is 2.31. The lowest BCUT2D eigenvalue weighted by Crippen LogP contribution is -2.34. The van der Waals surface area contributed by atoms with E-state index in [1.54, 1.807) is 0 Å². The van der Waals surface area contributed by atoms with Crippen LogP contribution in [0.2, 0.25) is 0 Å². The fraction of sp³-hybridized carbons (Fsp3) is 0.364. The lowest BCUT2D eigenvalue weighted by molar-refractivity contribution is 0.686. The molecule has 2 aromatic carbocycles. The molecule has 2 atom stereocenters. The summed E-state index contributed by atoms with van der Waals surface area (Å²) in [5, 5.41) is 3.57. The van der Waals surface area contributed by atoms with E-state index in [2.05, 4.69) is 30.3 Å². The van der Waals surface area contributed by atoms with Gasteiger partial charge in [-0.3, -0.25) is 4.21 Å². The number of aliphatic imine (C=N–C) groups is 1. The third-order valence-electron chi connectivity index (χ3n) is 5.08. The van der Waals surface area contributed by atoms with Gasteiger partial charge in [0.1, 0.15) is 10.5 Å². The van der Waals surface area contributed by atoms with Gasteiger partial charge in [0, 0.05) is 19.3 Å². The molecule has 0 saturated carbocycles. The molecular weight excluding hydrogens is 386 g/mol. The van der Waals surface area contributed by atoms with Crippen LogP contribution in [0.5, 0.6) is 0 Å². The van der Waals surface area contributed by atoms with Gasteiger partial charge in [0.25, 0.3) is 0 Å². The number of nitrogens with one attached hydrogen (secondary N) is 1. The van der Waals surface area contributed by atoms with E-state index in [9.17, 15) is 4.21 Å². The summed E-state index contributed by atoms with van der Waals surface area (Å²) in [6.07, 6.45) is 2.28. The van der Waals surface area contributed by atoms with E-state index in [1.807, 2.05) is 55.5 Å². The van der Waals surface area contributed by atoms with Crippen molar-refractivity contribution in [2.45, 2.75) is 38.0 Å². The van der Waals surface area contributed by atoms with Crippen LogP contribution in [0.25, 0.3) is 0 Å². The van der Waals surface area contributed by atoms with Gasteiger partial charge in [-0.15, -0.1) is 0 Å². The first-order valence-corrected chi connectivity index (χ1v) is 11.3. The van der Waals surface area contributed by atoms with E-state index in [-0.39, 0.29) is 0 Å². The van der Waals surface area contributed by atoms with Crippen LogP contribution in [0.1, 0.15) is 37.8 Å². The zero-order valence-electron chi connectivity index (χ0n) is 16.6. The molecule has 0 radical (unpaired) electrons. The second kappa shape index (κ2) is 8.97. The smallest absolute Gasteiger partial charge is 0.194 e. The highest BCUT2D eigenvalue weighted by atomic mass is 32.2. The number of hydrogen-bond acceptors (Lipinski definition) is 4.